The van der Waals surface area contributed by atoms with E-state index in [2.05, 4.69) is 27.0 Å². The number of benzene rings is 2. The molecule has 0 saturated carbocycles. The van der Waals surface area contributed by atoms with Gasteiger partial charge in [0.2, 0.25) is 5.91 Å². The molecule has 1 aliphatic heterocycles. The van der Waals surface area contributed by atoms with Crippen LogP contribution in [-0.4, -0.2) is 53.9 Å². The summed E-state index contributed by atoms with van der Waals surface area (Å²) in [6.45, 7) is 4.00. The Morgan fingerprint density at radius 2 is 1.84 bits per heavy atom. The minimum Gasteiger partial charge on any atom is -0.358 e. The van der Waals surface area contributed by atoms with Crippen molar-refractivity contribution in [1.29, 1.82) is 0 Å². The number of para-hydroxylation sites is 1. The van der Waals surface area contributed by atoms with Crippen LogP contribution in [0.3, 0.4) is 0 Å². The van der Waals surface area contributed by atoms with Gasteiger partial charge in [0.05, 0.1) is 6.54 Å². The van der Waals surface area contributed by atoms with Crippen molar-refractivity contribution in [2.75, 3.05) is 26.2 Å². The number of amides is 4. The number of piperazine rings is 1. The van der Waals surface area contributed by atoms with E-state index in [4.69, 9.17) is 0 Å². The van der Waals surface area contributed by atoms with Crippen LogP contribution in [0.4, 0.5) is 4.79 Å². The fourth-order valence-electron chi connectivity index (χ4n) is 3.96. The fraction of sp³-hybridized carbons (Fsp3) is 0.292. The average molecular weight is 434 g/mol. The van der Waals surface area contributed by atoms with Gasteiger partial charge < -0.3 is 25.8 Å². The van der Waals surface area contributed by atoms with Crippen LogP contribution in [0.5, 0.6) is 0 Å². The Morgan fingerprint density at radius 3 is 2.62 bits per heavy atom. The monoisotopic (exact) mass is 433 g/mol. The number of H-pyrrole nitrogens is 1. The zero-order valence-corrected chi connectivity index (χ0v) is 18.0. The van der Waals surface area contributed by atoms with Crippen LogP contribution in [0.15, 0.2) is 48.5 Å². The Balaban J connectivity index is 1.24. The summed E-state index contributed by atoms with van der Waals surface area (Å²) < 4.78 is 0. The first-order valence-corrected chi connectivity index (χ1v) is 10.7. The standard InChI is InChI=1S/C24H27N5O3/c1-16-19(20-4-2-3-5-21(20)28-16)10-11-26-24(32)27-14-17-6-8-18(9-7-17)23(31)29-13-12-25-22(30)15-29/h2-9,28H,10-15H2,1H3,(H,25,30)(H2,26,27,32). The molecule has 0 bridgehead atoms. The van der Waals surface area contributed by atoms with Gasteiger partial charge in [0.1, 0.15) is 0 Å². The Bertz CT molecular complexity index is 1140. The molecule has 32 heavy (non-hydrogen) atoms. The summed E-state index contributed by atoms with van der Waals surface area (Å²) in [5.74, 6) is -0.305. The van der Waals surface area contributed by atoms with Gasteiger partial charge >= 0.3 is 6.03 Å². The number of hydrogen-bond donors (Lipinski definition) is 4. The van der Waals surface area contributed by atoms with Crippen LogP contribution in [0.1, 0.15) is 27.2 Å². The molecule has 4 amide bonds. The first-order valence-electron chi connectivity index (χ1n) is 10.7. The van der Waals surface area contributed by atoms with Crippen molar-refractivity contribution in [3.63, 3.8) is 0 Å². The summed E-state index contributed by atoms with van der Waals surface area (Å²) >= 11 is 0. The van der Waals surface area contributed by atoms with Gasteiger partial charge in [-0.2, -0.15) is 0 Å². The first kappa shape index (κ1) is 21.4. The van der Waals surface area contributed by atoms with E-state index in [0.717, 1.165) is 23.2 Å². The predicted molar refractivity (Wildman–Crippen MR) is 122 cm³/mol. The number of aromatic amines is 1. The van der Waals surface area contributed by atoms with E-state index in [9.17, 15) is 14.4 Å². The van der Waals surface area contributed by atoms with Gasteiger partial charge in [-0.25, -0.2) is 4.79 Å². The highest BCUT2D eigenvalue weighted by Gasteiger charge is 2.22. The number of carbonyl (C=O) groups excluding carboxylic acids is 3. The van der Waals surface area contributed by atoms with Crippen LogP contribution in [0, 0.1) is 6.92 Å². The van der Waals surface area contributed by atoms with Gasteiger partial charge in [0.25, 0.3) is 5.91 Å². The number of urea groups is 1. The van der Waals surface area contributed by atoms with Crippen molar-refractivity contribution in [1.82, 2.24) is 25.8 Å². The van der Waals surface area contributed by atoms with Crippen molar-refractivity contribution >= 4 is 28.7 Å². The molecule has 2 heterocycles. The summed E-state index contributed by atoms with van der Waals surface area (Å²) in [7, 11) is 0. The van der Waals surface area contributed by atoms with Gasteiger partial charge in [0.15, 0.2) is 0 Å². The number of aryl methyl sites for hydroxylation is 1. The predicted octanol–water partition coefficient (Wildman–Crippen LogP) is 2.09. The van der Waals surface area contributed by atoms with Gasteiger partial charge in [-0.3, -0.25) is 9.59 Å². The molecule has 0 radical (unpaired) electrons. The molecule has 1 aromatic heterocycles. The highest BCUT2D eigenvalue weighted by molar-refractivity contribution is 5.97. The Hall–Kier alpha value is -3.81. The molecule has 4 rings (SSSR count). The first-order chi connectivity index (χ1) is 15.5. The number of hydrogen-bond acceptors (Lipinski definition) is 3. The van der Waals surface area contributed by atoms with E-state index in [1.807, 2.05) is 37.3 Å². The lowest BCUT2D eigenvalue weighted by Gasteiger charge is -2.26. The van der Waals surface area contributed by atoms with Crippen LogP contribution >= 0.6 is 0 Å². The number of carbonyl (C=O) groups is 3. The van der Waals surface area contributed by atoms with Gasteiger partial charge in [-0.1, -0.05) is 30.3 Å². The van der Waals surface area contributed by atoms with E-state index < -0.39 is 0 Å². The molecular weight excluding hydrogens is 406 g/mol. The van der Waals surface area contributed by atoms with E-state index in [-0.39, 0.29) is 24.4 Å². The number of nitrogens with one attached hydrogen (secondary N) is 4. The normalized spacial score (nSPS) is 13.7. The Kier molecular flexibility index (Phi) is 6.39. The van der Waals surface area contributed by atoms with Crippen LogP contribution < -0.4 is 16.0 Å². The number of aromatic nitrogens is 1. The smallest absolute Gasteiger partial charge is 0.315 e. The Morgan fingerprint density at radius 1 is 1.06 bits per heavy atom. The highest BCUT2D eigenvalue weighted by Crippen LogP contribution is 2.21. The van der Waals surface area contributed by atoms with Crippen molar-refractivity contribution < 1.29 is 14.4 Å². The van der Waals surface area contributed by atoms with Crippen molar-refractivity contribution in [2.45, 2.75) is 19.9 Å². The molecule has 4 N–H and O–H groups in total. The summed E-state index contributed by atoms with van der Waals surface area (Å²) in [6, 6.07) is 15.0. The molecular formula is C24H27N5O3. The van der Waals surface area contributed by atoms with Gasteiger partial charge in [-0.05, 0) is 42.7 Å². The summed E-state index contributed by atoms with van der Waals surface area (Å²) in [5, 5.41) is 9.63. The minimum atomic E-state index is -0.234. The molecule has 0 unspecified atom stereocenters. The maximum atomic E-state index is 12.5. The third-order valence-electron chi connectivity index (χ3n) is 5.67. The third kappa shape index (κ3) is 4.91. The molecule has 166 valence electrons. The van der Waals surface area contributed by atoms with Crippen LogP contribution in [0.25, 0.3) is 10.9 Å². The molecule has 1 aliphatic rings. The molecule has 0 atom stereocenters. The molecule has 0 spiro atoms. The molecule has 1 saturated heterocycles. The maximum Gasteiger partial charge on any atom is 0.315 e. The zero-order valence-electron chi connectivity index (χ0n) is 18.0. The molecule has 8 nitrogen and oxygen atoms in total. The maximum absolute atomic E-state index is 12.5. The summed E-state index contributed by atoms with van der Waals surface area (Å²) in [6.07, 6.45) is 0.745. The second-order valence-electron chi connectivity index (χ2n) is 7.91. The molecule has 2 aromatic carbocycles. The third-order valence-corrected chi connectivity index (χ3v) is 5.67. The van der Waals surface area contributed by atoms with Crippen molar-refractivity contribution in [3.05, 3.63) is 70.9 Å². The van der Waals surface area contributed by atoms with E-state index in [1.54, 1.807) is 12.1 Å². The zero-order chi connectivity index (χ0) is 22.5. The second kappa shape index (κ2) is 9.55. The summed E-state index contributed by atoms with van der Waals surface area (Å²) in [4.78, 5) is 41.1. The van der Waals surface area contributed by atoms with Gasteiger partial charge in [0, 0.05) is 48.3 Å². The molecule has 3 aromatic rings. The highest BCUT2D eigenvalue weighted by atomic mass is 16.2. The number of fused-ring (bicyclic) bond motifs is 1. The van der Waals surface area contributed by atoms with E-state index in [0.29, 0.717) is 31.7 Å². The lowest BCUT2D eigenvalue weighted by Crippen LogP contribution is -2.49. The number of nitrogens with zero attached hydrogens (tertiary/aromatic N) is 1. The van der Waals surface area contributed by atoms with Crippen molar-refractivity contribution in [3.8, 4) is 0 Å². The van der Waals surface area contributed by atoms with E-state index in [1.165, 1.54) is 15.8 Å². The molecule has 1 fully saturated rings. The SMILES string of the molecule is Cc1[nH]c2ccccc2c1CCNC(=O)NCc1ccc(C(=O)N2CCNC(=O)C2)cc1. The lowest BCUT2D eigenvalue weighted by molar-refractivity contribution is -0.123. The molecule has 0 aliphatic carbocycles. The Labute approximate surface area is 186 Å². The molecule has 8 heteroatoms. The lowest BCUT2D eigenvalue weighted by atomic mass is 10.1. The number of rotatable bonds is 6. The topological polar surface area (TPSA) is 106 Å². The minimum absolute atomic E-state index is 0.0837. The van der Waals surface area contributed by atoms with Crippen molar-refractivity contribution in [2.24, 2.45) is 0 Å². The quantitative estimate of drug-likeness (QED) is 0.478. The summed E-state index contributed by atoms with van der Waals surface area (Å²) in [5.41, 5.74) is 4.86. The van der Waals surface area contributed by atoms with Gasteiger partial charge in [-0.15, -0.1) is 0 Å². The van der Waals surface area contributed by atoms with E-state index >= 15 is 0 Å². The van der Waals surface area contributed by atoms with Crippen LogP contribution in [0.2, 0.25) is 0 Å². The largest absolute Gasteiger partial charge is 0.358 e. The fourth-order valence-corrected chi connectivity index (χ4v) is 3.96. The average Bonchev–Trinajstić information content (AvgIpc) is 3.12. The van der Waals surface area contributed by atoms with Crippen LogP contribution in [-0.2, 0) is 17.8 Å². The second-order valence-corrected chi connectivity index (χ2v) is 7.91.